The van der Waals surface area contributed by atoms with E-state index in [0.29, 0.717) is 25.9 Å². The fourth-order valence-electron chi connectivity index (χ4n) is 9.10. The number of hydrogen-bond acceptors (Lipinski definition) is 5. The smallest absolute Gasteiger partial charge is 0.305 e. The van der Waals surface area contributed by atoms with Crippen LogP contribution in [0.25, 0.3) is 0 Å². The van der Waals surface area contributed by atoms with Crippen LogP contribution in [0.15, 0.2) is 36.5 Å². The molecule has 394 valence electrons. The lowest BCUT2D eigenvalue weighted by Gasteiger charge is -2.22. The fraction of sp³-hybridized carbons (Fsp3) is 0.869. The lowest BCUT2D eigenvalue weighted by molar-refractivity contribution is -0.143. The summed E-state index contributed by atoms with van der Waals surface area (Å²) in [6.45, 7) is 4.91. The highest BCUT2D eigenvalue weighted by molar-refractivity contribution is 5.76. The number of carbonyl (C=O) groups is 2. The van der Waals surface area contributed by atoms with E-state index >= 15 is 0 Å². The van der Waals surface area contributed by atoms with Crippen LogP contribution in [-0.2, 0) is 14.3 Å². The van der Waals surface area contributed by atoms with Crippen LogP contribution in [-0.4, -0.2) is 47.4 Å². The summed E-state index contributed by atoms with van der Waals surface area (Å²) in [5.41, 5.74) is 0. The SMILES string of the molecule is CCCCCCCC/C=C\CCCCCCCC(=O)OCCCCC/C=C\C=C/CCCCCCCCCCCCC(=O)NC(CO)C(O)CCCCCCCCCCCCCCCCCC. The second-order valence-corrected chi connectivity index (χ2v) is 20.4. The minimum atomic E-state index is -0.671. The molecule has 0 aliphatic heterocycles. The van der Waals surface area contributed by atoms with E-state index in [1.165, 1.54) is 212 Å². The first kappa shape index (κ1) is 65.1. The van der Waals surface area contributed by atoms with E-state index in [9.17, 15) is 19.8 Å². The molecule has 0 radical (unpaired) electrons. The van der Waals surface area contributed by atoms with E-state index in [0.717, 1.165) is 70.6 Å². The van der Waals surface area contributed by atoms with Crippen molar-refractivity contribution in [3.63, 3.8) is 0 Å². The third-order valence-electron chi connectivity index (χ3n) is 13.7. The number of ether oxygens (including phenoxy) is 1. The largest absolute Gasteiger partial charge is 0.466 e. The van der Waals surface area contributed by atoms with Gasteiger partial charge in [-0.2, -0.15) is 0 Å². The summed E-state index contributed by atoms with van der Waals surface area (Å²) in [7, 11) is 0. The summed E-state index contributed by atoms with van der Waals surface area (Å²) < 4.78 is 5.45. The molecule has 0 saturated carbocycles. The van der Waals surface area contributed by atoms with Crippen molar-refractivity contribution in [3.05, 3.63) is 36.5 Å². The van der Waals surface area contributed by atoms with Crippen LogP contribution in [0, 0.1) is 0 Å². The van der Waals surface area contributed by atoms with Gasteiger partial charge in [0, 0.05) is 12.8 Å². The summed E-state index contributed by atoms with van der Waals surface area (Å²) in [6.07, 6.45) is 69.9. The van der Waals surface area contributed by atoms with Crippen LogP contribution >= 0.6 is 0 Å². The van der Waals surface area contributed by atoms with Crippen molar-refractivity contribution in [2.75, 3.05) is 13.2 Å². The summed E-state index contributed by atoms with van der Waals surface area (Å²) in [4.78, 5) is 24.5. The zero-order valence-corrected chi connectivity index (χ0v) is 44.9. The van der Waals surface area contributed by atoms with Crippen molar-refractivity contribution in [1.29, 1.82) is 0 Å². The van der Waals surface area contributed by atoms with Crippen molar-refractivity contribution in [2.45, 2.75) is 328 Å². The molecule has 0 saturated heterocycles. The molecule has 0 aliphatic rings. The first-order valence-corrected chi connectivity index (χ1v) is 29.8. The van der Waals surface area contributed by atoms with Crippen LogP contribution < -0.4 is 5.32 Å². The maximum Gasteiger partial charge on any atom is 0.305 e. The number of allylic oxidation sites excluding steroid dienone is 6. The van der Waals surface area contributed by atoms with Crippen molar-refractivity contribution in [1.82, 2.24) is 5.32 Å². The van der Waals surface area contributed by atoms with Gasteiger partial charge in [-0.1, -0.05) is 256 Å². The number of aliphatic hydroxyl groups is 2. The molecule has 6 nitrogen and oxygen atoms in total. The average Bonchev–Trinajstić information content (AvgIpc) is 3.33. The zero-order valence-electron chi connectivity index (χ0n) is 44.9. The molecule has 0 fully saturated rings. The molecule has 6 heteroatoms. The van der Waals surface area contributed by atoms with Crippen LogP contribution in [0.4, 0.5) is 0 Å². The van der Waals surface area contributed by atoms with Crippen LogP contribution in [0.5, 0.6) is 0 Å². The standard InChI is InChI=1S/C61H115NO5/c1-3-5-7-9-11-13-15-17-19-26-29-33-37-41-45-49-53-59(64)58(57-63)62-60(65)54-50-46-42-38-34-30-27-23-21-20-22-24-28-32-36-40-44-48-52-56-67-61(66)55-51-47-43-39-35-31-25-18-16-14-12-10-8-6-4-2/h18,24-25,28,32,36,58-59,63-64H,3-17,19-23,26-27,29-31,33-35,37-57H2,1-2H3,(H,62,65)/b25-18-,28-24-,36-32-. The van der Waals surface area contributed by atoms with E-state index < -0.39 is 12.1 Å². The van der Waals surface area contributed by atoms with Crippen molar-refractivity contribution in [3.8, 4) is 0 Å². The third-order valence-corrected chi connectivity index (χ3v) is 13.7. The predicted molar refractivity (Wildman–Crippen MR) is 292 cm³/mol. The van der Waals surface area contributed by atoms with Crippen molar-refractivity contribution < 1.29 is 24.5 Å². The van der Waals surface area contributed by atoms with Crippen molar-refractivity contribution >= 4 is 11.9 Å². The Morgan fingerprint density at radius 1 is 0.418 bits per heavy atom. The maximum absolute atomic E-state index is 12.5. The Kier molecular flexibility index (Phi) is 55.0. The number of rotatable bonds is 55. The molecule has 67 heavy (non-hydrogen) atoms. The minimum absolute atomic E-state index is 0.0212. The summed E-state index contributed by atoms with van der Waals surface area (Å²) in [5.74, 6) is -0.0650. The first-order chi connectivity index (χ1) is 33.0. The molecule has 0 aromatic carbocycles. The molecule has 0 bridgehead atoms. The number of carbonyl (C=O) groups excluding carboxylic acids is 2. The highest BCUT2D eigenvalue weighted by Crippen LogP contribution is 2.17. The van der Waals surface area contributed by atoms with Crippen molar-refractivity contribution in [2.24, 2.45) is 0 Å². The van der Waals surface area contributed by atoms with Gasteiger partial charge in [0.15, 0.2) is 0 Å². The molecule has 1 amide bonds. The quantitative estimate of drug-likeness (QED) is 0.0244. The zero-order chi connectivity index (χ0) is 48.6. The van der Waals surface area contributed by atoms with Gasteiger partial charge in [-0.3, -0.25) is 9.59 Å². The number of nitrogens with one attached hydrogen (secondary N) is 1. The Hall–Kier alpha value is -1.92. The van der Waals surface area contributed by atoms with E-state index in [4.69, 9.17) is 4.74 Å². The summed E-state index contributed by atoms with van der Waals surface area (Å²) >= 11 is 0. The minimum Gasteiger partial charge on any atom is -0.466 e. The molecular weight excluding hydrogens is 827 g/mol. The maximum atomic E-state index is 12.5. The molecule has 2 unspecified atom stereocenters. The second kappa shape index (κ2) is 56.7. The average molecular weight is 943 g/mol. The Labute approximate surface area is 417 Å². The lowest BCUT2D eigenvalue weighted by atomic mass is 10.0. The number of amides is 1. The Balaban J connectivity index is 3.48. The number of hydrogen-bond donors (Lipinski definition) is 3. The summed E-state index contributed by atoms with van der Waals surface area (Å²) in [5, 5.41) is 23.3. The van der Waals surface area contributed by atoms with Gasteiger partial charge in [-0.05, 0) is 83.5 Å². The van der Waals surface area contributed by atoms with E-state index in [1.54, 1.807) is 0 Å². The normalized spacial score (nSPS) is 12.8. The topological polar surface area (TPSA) is 95.9 Å². The number of aliphatic hydroxyl groups excluding tert-OH is 2. The molecule has 0 aromatic heterocycles. The van der Waals surface area contributed by atoms with Gasteiger partial charge >= 0.3 is 5.97 Å². The molecule has 0 aromatic rings. The predicted octanol–water partition coefficient (Wildman–Crippen LogP) is 18.4. The van der Waals surface area contributed by atoms with Gasteiger partial charge in [0.05, 0.1) is 25.4 Å². The molecule has 0 aliphatic carbocycles. The van der Waals surface area contributed by atoms with Gasteiger partial charge in [0.2, 0.25) is 5.91 Å². The molecule has 0 rings (SSSR count). The first-order valence-electron chi connectivity index (χ1n) is 29.8. The second-order valence-electron chi connectivity index (χ2n) is 20.4. The van der Waals surface area contributed by atoms with Gasteiger partial charge in [0.25, 0.3) is 0 Å². The highest BCUT2D eigenvalue weighted by atomic mass is 16.5. The Morgan fingerprint density at radius 2 is 0.746 bits per heavy atom. The number of esters is 1. The van der Waals surface area contributed by atoms with Crippen LogP contribution in [0.2, 0.25) is 0 Å². The van der Waals surface area contributed by atoms with Gasteiger partial charge in [0.1, 0.15) is 0 Å². The Morgan fingerprint density at radius 3 is 1.15 bits per heavy atom. The number of unbranched alkanes of at least 4 members (excludes halogenated alkanes) is 39. The summed E-state index contributed by atoms with van der Waals surface area (Å²) in [6, 6.07) is -0.550. The Bertz CT molecular complexity index is 1090. The molecule has 0 spiro atoms. The monoisotopic (exact) mass is 942 g/mol. The molecular formula is C61H115NO5. The molecule has 2 atom stereocenters. The van der Waals surface area contributed by atoms with Gasteiger partial charge in [-0.15, -0.1) is 0 Å². The van der Waals surface area contributed by atoms with Gasteiger partial charge in [-0.25, -0.2) is 0 Å². The van der Waals surface area contributed by atoms with Gasteiger partial charge < -0.3 is 20.3 Å². The van der Waals surface area contributed by atoms with E-state index in [1.807, 2.05) is 0 Å². The van der Waals surface area contributed by atoms with Crippen LogP contribution in [0.3, 0.4) is 0 Å². The van der Waals surface area contributed by atoms with Crippen LogP contribution in [0.1, 0.15) is 316 Å². The van der Waals surface area contributed by atoms with E-state index in [2.05, 4.69) is 55.6 Å². The van der Waals surface area contributed by atoms with E-state index in [-0.39, 0.29) is 18.5 Å². The fourth-order valence-corrected chi connectivity index (χ4v) is 9.10. The highest BCUT2D eigenvalue weighted by Gasteiger charge is 2.20. The molecule has 0 heterocycles. The lowest BCUT2D eigenvalue weighted by Crippen LogP contribution is -2.45. The third kappa shape index (κ3) is 53.3. The molecule has 3 N–H and O–H groups in total.